The molecule has 2 aliphatic rings. The fourth-order valence-electron chi connectivity index (χ4n) is 3.76. The normalized spacial score (nSPS) is 22.7. The standard InChI is InChI=1S/C18H25Cl2N3O/c19-14-3-4-15(20)17(12-14)22-18(24)7-11-23-9-5-13(6-10-23)16-2-1-8-21-16/h3-4,12-13,16,21H,1-2,5-11H2,(H,22,24). The average molecular weight is 370 g/mol. The third kappa shape index (κ3) is 4.85. The number of likely N-dealkylation sites (tertiary alicyclic amines) is 1. The largest absolute Gasteiger partial charge is 0.325 e. The summed E-state index contributed by atoms with van der Waals surface area (Å²) in [5.41, 5.74) is 0.584. The van der Waals surface area contributed by atoms with Gasteiger partial charge in [-0.05, 0) is 69.4 Å². The van der Waals surface area contributed by atoms with Crippen LogP contribution in [0.1, 0.15) is 32.1 Å². The lowest BCUT2D eigenvalue weighted by atomic mass is 9.88. The van der Waals surface area contributed by atoms with Crippen LogP contribution in [-0.2, 0) is 4.79 Å². The predicted molar refractivity (Wildman–Crippen MR) is 99.9 cm³/mol. The van der Waals surface area contributed by atoms with Crippen molar-refractivity contribution in [2.24, 2.45) is 5.92 Å². The third-order valence-corrected chi connectivity index (χ3v) is 5.72. The van der Waals surface area contributed by atoms with Crippen molar-refractivity contribution in [3.8, 4) is 0 Å². The number of halogens is 2. The Morgan fingerprint density at radius 3 is 2.75 bits per heavy atom. The first-order valence-electron chi connectivity index (χ1n) is 8.82. The summed E-state index contributed by atoms with van der Waals surface area (Å²) in [6.45, 7) is 4.16. The van der Waals surface area contributed by atoms with Crippen LogP contribution in [0, 0.1) is 5.92 Å². The second-order valence-electron chi connectivity index (χ2n) is 6.80. The van der Waals surface area contributed by atoms with Gasteiger partial charge in [0.1, 0.15) is 0 Å². The minimum atomic E-state index is -0.0150. The molecule has 4 nitrogen and oxygen atoms in total. The summed E-state index contributed by atoms with van der Waals surface area (Å²) in [6.07, 6.45) is 5.60. The van der Waals surface area contributed by atoms with E-state index in [0.717, 1.165) is 31.6 Å². The zero-order chi connectivity index (χ0) is 16.9. The molecular formula is C18H25Cl2N3O. The molecule has 1 amide bonds. The maximum Gasteiger partial charge on any atom is 0.225 e. The number of carbonyl (C=O) groups is 1. The summed E-state index contributed by atoms with van der Waals surface area (Å²) in [5, 5.41) is 7.55. The molecule has 1 aromatic carbocycles. The summed E-state index contributed by atoms with van der Waals surface area (Å²) in [5.74, 6) is 0.793. The van der Waals surface area contributed by atoms with Gasteiger partial charge in [0.25, 0.3) is 0 Å². The molecule has 0 saturated carbocycles. The SMILES string of the molecule is O=C(CCN1CCC(C2CCCN2)CC1)Nc1cc(Cl)ccc1Cl. The van der Waals surface area contributed by atoms with Crippen molar-refractivity contribution in [1.82, 2.24) is 10.2 Å². The van der Waals surface area contributed by atoms with Gasteiger partial charge in [-0.15, -0.1) is 0 Å². The molecule has 0 spiro atoms. The van der Waals surface area contributed by atoms with E-state index in [1.807, 2.05) is 0 Å². The fraction of sp³-hybridized carbons (Fsp3) is 0.611. The Hall–Kier alpha value is -0.810. The maximum atomic E-state index is 12.1. The Morgan fingerprint density at radius 1 is 1.25 bits per heavy atom. The number of nitrogens with one attached hydrogen (secondary N) is 2. The Labute approximate surface area is 153 Å². The summed E-state index contributed by atoms with van der Waals surface area (Å²) < 4.78 is 0. The number of carbonyl (C=O) groups excluding carboxylic acids is 1. The number of amides is 1. The zero-order valence-electron chi connectivity index (χ0n) is 13.9. The van der Waals surface area contributed by atoms with E-state index in [0.29, 0.717) is 22.2 Å². The molecule has 132 valence electrons. The minimum Gasteiger partial charge on any atom is -0.325 e. The zero-order valence-corrected chi connectivity index (χ0v) is 15.4. The van der Waals surface area contributed by atoms with Crippen LogP contribution < -0.4 is 10.6 Å². The smallest absolute Gasteiger partial charge is 0.225 e. The summed E-state index contributed by atoms with van der Waals surface area (Å²) in [7, 11) is 0. The van der Waals surface area contributed by atoms with Crippen molar-refractivity contribution >= 4 is 34.8 Å². The highest BCUT2D eigenvalue weighted by Crippen LogP contribution is 2.27. The van der Waals surface area contributed by atoms with E-state index < -0.39 is 0 Å². The molecule has 3 rings (SSSR count). The van der Waals surface area contributed by atoms with Gasteiger partial charge in [0.15, 0.2) is 0 Å². The second-order valence-corrected chi connectivity index (χ2v) is 7.65. The molecule has 6 heteroatoms. The van der Waals surface area contributed by atoms with Gasteiger partial charge in [0.2, 0.25) is 5.91 Å². The number of rotatable bonds is 5. The van der Waals surface area contributed by atoms with Gasteiger partial charge < -0.3 is 15.5 Å². The fourth-order valence-corrected chi connectivity index (χ4v) is 4.10. The molecule has 1 atom stereocenters. The van der Waals surface area contributed by atoms with E-state index in [2.05, 4.69) is 15.5 Å². The van der Waals surface area contributed by atoms with Crippen LogP contribution in [0.2, 0.25) is 10.0 Å². The lowest BCUT2D eigenvalue weighted by molar-refractivity contribution is -0.116. The molecule has 2 saturated heterocycles. The van der Waals surface area contributed by atoms with Gasteiger partial charge in [-0.25, -0.2) is 0 Å². The van der Waals surface area contributed by atoms with Crippen molar-refractivity contribution in [2.45, 2.75) is 38.1 Å². The van der Waals surface area contributed by atoms with Crippen LogP contribution in [0.4, 0.5) is 5.69 Å². The maximum absolute atomic E-state index is 12.1. The highest BCUT2D eigenvalue weighted by atomic mass is 35.5. The molecule has 0 aromatic heterocycles. The summed E-state index contributed by atoms with van der Waals surface area (Å²) in [4.78, 5) is 14.5. The number of hydrogen-bond donors (Lipinski definition) is 2. The monoisotopic (exact) mass is 369 g/mol. The molecule has 1 unspecified atom stereocenters. The highest BCUT2D eigenvalue weighted by Gasteiger charge is 2.28. The number of piperidine rings is 1. The van der Waals surface area contributed by atoms with Crippen LogP contribution in [0.5, 0.6) is 0 Å². The summed E-state index contributed by atoms with van der Waals surface area (Å²) in [6, 6.07) is 5.81. The second kappa shape index (κ2) is 8.52. The van der Waals surface area contributed by atoms with Crippen LogP contribution in [0.15, 0.2) is 18.2 Å². The van der Waals surface area contributed by atoms with Gasteiger partial charge >= 0.3 is 0 Å². The molecule has 1 aromatic rings. The van der Waals surface area contributed by atoms with Crippen LogP contribution in [0.3, 0.4) is 0 Å². The number of benzene rings is 1. The molecule has 0 bridgehead atoms. The lowest BCUT2D eigenvalue weighted by Gasteiger charge is -2.34. The molecule has 2 fully saturated rings. The Kier molecular flexibility index (Phi) is 6.39. The van der Waals surface area contributed by atoms with Gasteiger partial charge in [0.05, 0.1) is 10.7 Å². The van der Waals surface area contributed by atoms with E-state index in [-0.39, 0.29) is 5.91 Å². The van der Waals surface area contributed by atoms with Crippen molar-refractivity contribution in [1.29, 1.82) is 0 Å². The quantitative estimate of drug-likeness (QED) is 0.829. The first-order chi connectivity index (χ1) is 11.6. The molecule has 2 N–H and O–H groups in total. The number of anilines is 1. The van der Waals surface area contributed by atoms with E-state index >= 15 is 0 Å². The molecule has 0 radical (unpaired) electrons. The molecule has 24 heavy (non-hydrogen) atoms. The van der Waals surface area contributed by atoms with E-state index in [1.165, 1.54) is 32.2 Å². The third-order valence-electron chi connectivity index (χ3n) is 5.16. The van der Waals surface area contributed by atoms with E-state index in [1.54, 1.807) is 18.2 Å². The van der Waals surface area contributed by atoms with Gasteiger partial charge in [0, 0.05) is 24.0 Å². The number of nitrogens with zero attached hydrogens (tertiary/aromatic N) is 1. The first kappa shape index (κ1) is 18.0. The number of hydrogen-bond acceptors (Lipinski definition) is 3. The highest BCUT2D eigenvalue weighted by molar-refractivity contribution is 6.35. The van der Waals surface area contributed by atoms with E-state index in [9.17, 15) is 4.79 Å². The van der Waals surface area contributed by atoms with Crippen molar-refractivity contribution in [3.63, 3.8) is 0 Å². The van der Waals surface area contributed by atoms with Crippen molar-refractivity contribution in [3.05, 3.63) is 28.2 Å². The van der Waals surface area contributed by atoms with Crippen molar-refractivity contribution < 1.29 is 4.79 Å². The molecule has 0 aliphatic carbocycles. The first-order valence-corrected chi connectivity index (χ1v) is 9.58. The summed E-state index contributed by atoms with van der Waals surface area (Å²) >= 11 is 12.0. The van der Waals surface area contributed by atoms with Gasteiger partial charge in [-0.3, -0.25) is 4.79 Å². The van der Waals surface area contributed by atoms with Crippen molar-refractivity contribution in [2.75, 3.05) is 31.5 Å². The predicted octanol–water partition coefficient (Wildman–Crippen LogP) is 3.79. The molecule has 2 heterocycles. The minimum absolute atomic E-state index is 0.0150. The van der Waals surface area contributed by atoms with E-state index in [4.69, 9.17) is 23.2 Å². The van der Waals surface area contributed by atoms with Crippen LogP contribution in [0.25, 0.3) is 0 Å². The lowest BCUT2D eigenvalue weighted by Crippen LogP contribution is -2.41. The Balaban J connectivity index is 1.40. The van der Waals surface area contributed by atoms with Gasteiger partial charge in [-0.1, -0.05) is 23.2 Å². The molecule has 2 aliphatic heterocycles. The molecular weight excluding hydrogens is 345 g/mol. The van der Waals surface area contributed by atoms with Crippen LogP contribution >= 0.6 is 23.2 Å². The topological polar surface area (TPSA) is 44.4 Å². The Morgan fingerprint density at radius 2 is 2.04 bits per heavy atom. The van der Waals surface area contributed by atoms with Crippen LogP contribution in [-0.4, -0.2) is 43.0 Å². The van der Waals surface area contributed by atoms with Gasteiger partial charge in [-0.2, -0.15) is 0 Å². The average Bonchev–Trinajstić information content (AvgIpc) is 3.11. The Bertz CT molecular complexity index is 567.